The first kappa shape index (κ1) is 21.6. The summed E-state index contributed by atoms with van der Waals surface area (Å²) in [6, 6.07) is 2.37. The Morgan fingerprint density at radius 3 is 2.41 bits per heavy atom. The normalized spacial score (nSPS) is 32.3. The minimum atomic E-state index is -0.878. The number of benzene rings is 1. The molecule has 4 unspecified atom stereocenters. The average Bonchev–Trinajstić information content (AvgIpc) is 3.23. The first-order valence-corrected chi connectivity index (χ1v) is 11.5. The summed E-state index contributed by atoms with van der Waals surface area (Å²) >= 11 is 0. The number of fused-ring (bicyclic) bond motifs is 1. The van der Waals surface area contributed by atoms with Gasteiger partial charge in [-0.25, -0.2) is 13.6 Å². The lowest BCUT2D eigenvalue weighted by Crippen LogP contribution is -2.56. The minimum Gasteiger partial charge on any atom is -0.444 e. The van der Waals surface area contributed by atoms with Gasteiger partial charge in [0.25, 0.3) is 0 Å². The third-order valence-electron chi connectivity index (χ3n) is 7.70. The molecular weight excluding hydrogens is 416 g/mol. The summed E-state index contributed by atoms with van der Waals surface area (Å²) in [5, 5.41) is 6.72. The summed E-state index contributed by atoms with van der Waals surface area (Å²) in [6.45, 7) is 6.36. The van der Waals surface area contributed by atoms with E-state index in [4.69, 9.17) is 4.74 Å². The molecule has 4 aliphatic carbocycles. The molecule has 4 fully saturated rings. The molecule has 4 saturated carbocycles. The van der Waals surface area contributed by atoms with E-state index in [-0.39, 0.29) is 29.6 Å². The highest BCUT2D eigenvalue weighted by Gasteiger charge is 2.64. The molecule has 4 bridgehead atoms. The number of nitrogens with one attached hydrogen (secondary N) is 2. The van der Waals surface area contributed by atoms with E-state index in [1.807, 2.05) is 20.8 Å². The number of carbonyl (C=O) groups excluding carboxylic acids is 2. The van der Waals surface area contributed by atoms with Crippen LogP contribution in [-0.4, -0.2) is 40.1 Å². The quantitative estimate of drug-likeness (QED) is 0.740. The maximum absolute atomic E-state index is 13.5. The lowest BCUT2D eigenvalue weighted by atomic mass is 9.74. The highest BCUT2D eigenvalue weighted by molar-refractivity contribution is 5.79. The van der Waals surface area contributed by atoms with E-state index >= 15 is 0 Å². The van der Waals surface area contributed by atoms with E-state index in [0.717, 1.165) is 32.1 Å². The molecule has 174 valence electrons. The minimum absolute atomic E-state index is 0.0757. The maximum Gasteiger partial charge on any atom is 0.408 e. The van der Waals surface area contributed by atoms with E-state index in [9.17, 15) is 18.4 Å². The van der Waals surface area contributed by atoms with Crippen LogP contribution in [0.15, 0.2) is 12.1 Å². The van der Waals surface area contributed by atoms with E-state index < -0.39 is 17.2 Å². The van der Waals surface area contributed by atoms with Crippen molar-refractivity contribution < 1.29 is 23.1 Å². The van der Waals surface area contributed by atoms with Crippen molar-refractivity contribution in [1.82, 2.24) is 15.5 Å². The van der Waals surface area contributed by atoms with Crippen LogP contribution in [0.25, 0.3) is 0 Å². The molecule has 0 aromatic heterocycles. The van der Waals surface area contributed by atoms with Crippen molar-refractivity contribution in [2.75, 3.05) is 6.54 Å². The van der Waals surface area contributed by atoms with Crippen molar-refractivity contribution in [3.63, 3.8) is 0 Å². The van der Waals surface area contributed by atoms with E-state index in [1.54, 1.807) is 4.90 Å². The Labute approximate surface area is 187 Å². The number of alkyl carbamates (subject to hydrolysis) is 1. The molecule has 0 radical (unpaired) electrons. The second-order valence-corrected chi connectivity index (χ2v) is 11.3. The Balaban J connectivity index is 1.21. The van der Waals surface area contributed by atoms with E-state index in [0.29, 0.717) is 36.1 Å². The number of hydrogen-bond donors (Lipinski definition) is 2. The molecule has 6 rings (SSSR count). The topological polar surface area (TPSA) is 70.7 Å². The molecule has 0 spiro atoms. The Morgan fingerprint density at radius 2 is 1.78 bits per heavy atom. The summed E-state index contributed by atoms with van der Waals surface area (Å²) < 4.78 is 32.6. The number of hydrogen-bond acceptors (Lipinski definition) is 4. The summed E-state index contributed by atoms with van der Waals surface area (Å²) in [6.07, 6.45) is 4.43. The fourth-order valence-corrected chi connectivity index (χ4v) is 6.75. The number of rotatable bonds is 4. The standard InChI is InChI=1S/C24H31F2N3O3/c1-22(2,3)32-21(31)28-24-8-14-4-17(24)9-23(7-14,13-24)27-10-20(30)29-11-15-5-18(25)19(26)6-16(15)12-29/h5-6,14,17,27H,4,7-13H2,1-3H3,(H,28,31). The van der Waals surface area contributed by atoms with Crippen LogP contribution in [0.5, 0.6) is 0 Å². The van der Waals surface area contributed by atoms with Crippen molar-refractivity contribution in [2.45, 2.75) is 82.6 Å². The van der Waals surface area contributed by atoms with E-state index in [2.05, 4.69) is 10.6 Å². The van der Waals surface area contributed by atoms with Gasteiger partial charge in [0.2, 0.25) is 5.91 Å². The molecule has 1 aliphatic heterocycles. The molecule has 4 atom stereocenters. The van der Waals surface area contributed by atoms with Gasteiger partial charge in [0, 0.05) is 24.2 Å². The largest absolute Gasteiger partial charge is 0.444 e. The van der Waals surface area contributed by atoms with E-state index in [1.165, 1.54) is 12.1 Å². The fraction of sp³-hybridized carbons (Fsp3) is 0.667. The number of amides is 2. The molecule has 1 heterocycles. The Morgan fingerprint density at radius 1 is 1.12 bits per heavy atom. The average molecular weight is 448 g/mol. The van der Waals surface area contributed by atoms with Crippen LogP contribution in [0.3, 0.4) is 0 Å². The zero-order valence-corrected chi connectivity index (χ0v) is 18.9. The molecule has 2 amide bonds. The van der Waals surface area contributed by atoms with Crippen LogP contribution in [0, 0.1) is 23.5 Å². The third-order valence-corrected chi connectivity index (χ3v) is 7.70. The highest BCUT2D eigenvalue weighted by atomic mass is 19.2. The zero-order valence-electron chi connectivity index (χ0n) is 18.9. The number of carbonyl (C=O) groups is 2. The summed E-state index contributed by atoms with van der Waals surface area (Å²) in [7, 11) is 0. The molecule has 8 heteroatoms. The second-order valence-electron chi connectivity index (χ2n) is 11.3. The lowest BCUT2D eigenvalue weighted by molar-refractivity contribution is -0.131. The smallest absolute Gasteiger partial charge is 0.408 e. The van der Waals surface area contributed by atoms with Gasteiger partial charge in [-0.1, -0.05) is 0 Å². The second kappa shape index (κ2) is 7.14. The fourth-order valence-electron chi connectivity index (χ4n) is 6.75. The van der Waals surface area contributed by atoms with Gasteiger partial charge in [-0.2, -0.15) is 0 Å². The molecule has 0 saturated heterocycles. The van der Waals surface area contributed by atoms with Crippen LogP contribution in [0.1, 0.15) is 64.0 Å². The molecule has 1 aromatic carbocycles. The first-order valence-electron chi connectivity index (χ1n) is 11.5. The van der Waals surface area contributed by atoms with Gasteiger partial charge in [-0.05, 0) is 88.0 Å². The molecular formula is C24H31F2N3O3. The lowest BCUT2D eigenvalue weighted by Gasteiger charge is -2.42. The van der Waals surface area contributed by atoms with Crippen molar-refractivity contribution in [1.29, 1.82) is 0 Å². The van der Waals surface area contributed by atoms with Gasteiger partial charge in [-0.15, -0.1) is 0 Å². The van der Waals surface area contributed by atoms with Gasteiger partial charge in [0.05, 0.1) is 6.54 Å². The Hall–Kier alpha value is -2.22. The van der Waals surface area contributed by atoms with Crippen molar-refractivity contribution in [2.24, 2.45) is 11.8 Å². The van der Waals surface area contributed by atoms with Crippen molar-refractivity contribution in [3.8, 4) is 0 Å². The van der Waals surface area contributed by atoms with Gasteiger partial charge >= 0.3 is 6.09 Å². The van der Waals surface area contributed by atoms with Crippen LogP contribution >= 0.6 is 0 Å². The number of halogens is 2. The predicted octanol–water partition coefficient (Wildman–Crippen LogP) is 3.62. The van der Waals surface area contributed by atoms with Gasteiger partial charge in [0.1, 0.15) is 5.60 Å². The monoisotopic (exact) mass is 447 g/mol. The summed E-state index contributed by atoms with van der Waals surface area (Å²) in [5.74, 6) is -0.916. The Bertz CT molecular complexity index is 947. The zero-order chi connectivity index (χ0) is 22.9. The molecule has 2 N–H and O–H groups in total. The highest BCUT2D eigenvalue weighted by Crippen LogP contribution is 2.62. The molecule has 5 aliphatic rings. The summed E-state index contributed by atoms with van der Waals surface area (Å²) in [5.41, 5.74) is 0.353. The SMILES string of the molecule is CC(C)(C)OC(=O)NC12CC3CC1CC(NCC(=O)N1Cc4cc(F)c(F)cc4C1)(C3)C2. The van der Waals surface area contributed by atoms with Gasteiger partial charge in [-0.3, -0.25) is 4.79 Å². The number of nitrogens with zero attached hydrogens (tertiary/aromatic N) is 1. The predicted molar refractivity (Wildman–Crippen MR) is 114 cm³/mol. The molecule has 1 aromatic rings. The number of ether oxygens (including phenoxy) is 1. The third kappa shape index (κ3) is 3.76. The van der Waals surface area contributed by atoms with Crippen molar-refractivity contribution in [3.05, 3.63) is 34.9 Å². The summed E-state index contributed by atoms with van der Waals surface area (Å²) in [4.78, 5) is 27.0. The first-order chi connectivity index (χ1) is 15.0. The van der Waals surface area contributed by atoms with Crippen LogP contribution in [0.2, 0.25) is 0 Å². The van der Waals surface area contributed by atoms with Crippen LogP contribution < -0.4 is 10.6 Å². The molecule has 6 nitrogen and oxygen atoms in total. The Kier molecular flexibility index (Phi) is 4.82. The van der Waals surface area contributed by atoms with Crippen molar-refractivity contribution >= 4 is 12.0 Å². The van der Waals surface area contributed by atoms with Gasteiger partial charge < -0.3 is 20.3 Å². The molecule has 32 heavy (non-hydrogen) atoms. The van der Waals surface area contributed by atoms with Crippen LogP contribution in [0.4, 0.5) is 13.6 Å². The van der Waals surface area contributed by atoms with Crippen LogP contribution in [-0.2, 0) is 22.6 Å². The van der Waals surface area contributed by atoms with Gasteiger partial charge in [0.15, 0.2) is 11.6 Å². The maximum atomic E-state index is 13.5.